The first-order chi connectivity index (χ1) is 23.4. The first kappa shape index (κ1) is 38.5. The molecule has 3 atom stereocenters. The van der Waals surface area contributed by atoms with Crippen molar-refractivity contribution in [2.24, 2.45) is 5.92 Å². The molecule has 18 heteroatoms. The topological polar surface area (TPSA) is 230 Å². The molecule has 0 aliphatic rings. The zero-order valence-electron chi connectivity index (χ0n) is 26.5. The molecule has 268 valence electrons. The Morgan fingerprint density at radius 2 is 1.52 bits per heavy atom. The Hall–Kier alpha value is -5.94. The normalized spacial score (nSPS) is 13.1. The Kier molecular flexibility index (Phi) is 13.0. The number of carboxylic acid groups (broad SMARTS) is 2. The van der Waals surface area contributed by atoms with Gasteiger partial charge in [0.05, 0.1) is 12.0 Å². The zero-order valence-corrected chi connectivity index (χ0v) is 26.5. The van der Waals surface area contributed by atoms with Gasteiger partial charge in [-0.1, -0.05) is 44.2 Å². The number of carbonyl (C=O) groups is 6. The van der Waals surface area contributed by atoms with Crippen LogP contribution >= 0.6 is 0 Å². The number of benzene rings is 2. The van der Waals surface area contributed by atoms with E-state index in [0.29, 0.717) is 5.56 Å². The number of nitrogens with one attached hydrogen (secondary N) is 4. The number of hydrogen-bond acceptors (Lipinski definition) is 9. The smallest absolute Gasteiger partial charge is 0.417 e. The molecule has 2 aromatic carbocycles. The summed E-state index contributed by atoms with van der Waals surface area (Å²) in [5.74, 6) is -6.63. The summed E-state index contributed by atoms with van der Waals surface area (Å²) in [6.45, 7) is 2.84. The predicted octanol–water partition coefficient (Wildman–Crippen LogP) is 3.01. The highest BCUT2D eigenvalue weighted by atomic mass is 19.4. The summed E-state index contributed by atoms with van der Waals surface area (Å²) in [7, 11) is 0. The van der Waals surface area contributed by atoms with Gasteiger partial charge < -0.3 is 40.6 Å². The number of amides is 4. The minimum atomic E-state index is -4.89. The van der Waals surface area contributed by atoms with Gasteiger partial charge in [0.1, 0.15) is 30.3 Å². The van der Waals surface area contributed by atoms with Crippen molar-refractivity contribution < 1.29 is 61.3 Å². The van der Waals surface area contributed by atoms with Crippen LogP contribution in [0.5, 0.6) is 0 Å². The fraction of sp³-hybridized carbons (Fsp3) is 0.344. The van der Waals surface area contributed by atoms with Gasteiger partial charge >= 0.3 is 29.8 Å². The number of ether oxygens (including phenoxy) is 1. The zero-order chi connectivity index (χ0) is 37.2. The van der Waals surface area contributed by atoms with Crippen LogP contribution in [-0.4, -0.2) is 64.1 Å². The second kappa shape index (κ2) is 16.9. The number of halogens is 3. The van der Waals surface area contributed by atoms with Crippen LogP contribution in [0.2, 0.25) is 0 Å². The molecular formula is C32H33F3N4O11. The summed E-state index contributed by atoms with van der Waals surface area (Å²) in [4.78, 5) is 86.6. The number of aliphatic carboxylic acids is 2. The van der Waals surface area contributed by atoms with Crippen molar-refractivity contribution >= 4 is 52.4 Å². The van der Waals surface area contributed by atoms with E-state index in [1.54, 1.807) is 30.3 Å². The molecule has 15 nitrogen and oxygen atoms in total. The fourth-order valence-corrected chi connectivity index (χ4v) is 4.58. The van der Waals surface area contributed by atoms with Crippen molar-refractivity contribution in [2.45, 2.75) is 64.0 Å². The van der Waals surface area contributed by atoms with Crippen LogP contribution in [0, 0.1) is 5.92 Å². The number of alkyl halides is 3. The number of fused-ring (bicyclic) bond motifs is 1. The lowest BCUT2D eigenvalue weighted by Gasteiger charge is -2.27. The fourth-order valence-electron chi connectivity index (χ4n) is 4.58. The van der Waals surface area contributed by atoms with E-state index in [0.717, 1.165) is 18.2 Å². The van der Waals surface area contributed by atoms with Crippen molar-refractivity contribution in [2.75, 3.05) is 5.32 Å². The van der Waals surface area contributed by atoms with Crippen LogP contribution in [0.3, 0.4) is 0 Å². The van der Waals surface area contributed by atoms with Crippen molar-refractivity contribution in [3.63, 3.8) is 0 Å². The van der Waals surface area contributed by atoms with Gasteiger partial charge in [-0.05, 0) is 30.0 Å². The average molecular weight is 707 g/mol. The van der Waals surface area contributed by atoms with E-state index in [-0.39, 0.29) is 18.4 Å². The van der Waals surface area contributed by atoms with Gasteiger partial charge in [0.2, 0.25) is 17.7 Å². The molecule has 6 N–H and O–H groups in total. The second-order valence-corrected chi connectivity index (χ2v) is 11.3. The lowest BCUT2D eigenvalue weighted by atomic mass is 10.0. The summed E-state index contributed by atoms with van der Waals surface area (Å²) < 4.78 is 50.1. The van der Waals surface area contributed by atoms with Crippen molar-refractivity contribution in [3.8, 4) is 0 Å². The van der Waals surface area contributed by atoms with Gasteiger partial charge in [-0.15, -0.1) is 0 Å². The third-order valence-electron chi connectivity index (χ3n) is 7.04. The monoisotopic (exact) mass is 706 g/mol. The van der Waals surface area contributed by atoms with Gasteiger partial charge in [-0.25, -0.2) is 9.59 Å². The maximum atomic E-state index is 13.4. The number of rotatable bonds is 15. The second-order valence-electron chi connectivity index (χ2n) is 11.3. The van der Waals surface area contributed by atoms with Crippen LogP contribution in [0.15, 0.2) is 63.8 Å². The summed E-state index contributed by atoms with van der Waals surface area (Å²) in [6.07, 6.45) is -7.85. The molecule has 1 aromatic heterocycles. The Morgan fingerprint density at radius 1 is 0.840 bits per heavy atom. The number of anilines is 1. The summed E-state index contributed by atoms with van der Waals surface area (Å²) in [5.41, 5.74) is -2.68. The minimum absolute atomic E-state index is 0.160. The van der Waals surface area contributed by atoms with Crippen LogP contribution in [0.4, 0.5) is 23.7 Å². The van der Waals surface area contributed by atoms with E-state index in [1.165, 1.54) is 13.8 Å². The average Bonchev–Trinajstić information content (AvgIpc) is 3.03. The first-order valence-corrected chi connectivity index (χ1v) is 14.9. The third kappa shape index (κ3) is 11.3. The Balaban J connectivity index is 1.75. The van der Waals surface area contributed by atoms with E-state index in [1.807, 2.05) is 0 Å². The Labute approximate surface area is 281 Å². The Bertz CT molecular complexity index is 1800. The highest BCUT2D eigenvalue weighted by Crippen LogP contribution is 2.34. The molecule has 0 aliphatic heterocycles. The third-order valence-corrected chi connectivity index (χ3v) is 7.04. The molecule has 0 saturated heterocycles. The molecule has 0 radical (unpaired) electrons. The van der Waals surface area contributed by atoms with E-state index < -0.39 is 107 Å². The lowest BCUT2D eigenvalue weighted by molar-refractivity contribution is -0.140. The molecule has 0 spiro atoms. The van der Waals surface area contributed by atoms with E-state index >= 15 is 0 Å². The molecule has 0 fully saturated rings. The van der Waals surface area contributed by atoms with E-state index in [2.05, 4.69) is 21.3 Å². The predicted molar refractivity (Wildman–Crippen MR) is 167 cm³/mol. The largest absolute Gasteiger partial charge is 0.481 e. The summed E-state index contributed by atoms with van der Waals surface area (Å²) >= 11 is 0. The van der Waals surface area contributed by atoms with Gasteiger partial charge in [0, 0.05) is 29.6 Å². The van der Waals surface area contributed by atoms with Crippen LogP contribution in [-0.2, 0) is 41.5 Å². The van der Waals surface area contributed by atoms with E-state index in [4.69, 9.17) is 14.3 Å². The summed E-state index contributed by atoms with van der Waals surface area (Å²) in [5, 5.41) is 27.2. The molecule has 0 saturated carbocycles. The number of carbonyl (C=O) groups excluding carboxylic acids is 4. The molecule has 4 amide bonds. The number of alkyl carbamates (subject to hydrolysis) is 1. The van der Waals surface area contributed by atoms with Crippen LogP contribution in [0.25, 0.3) is 11.0 Å². The molecular weight excluding hydrogens is 673 g/mol. The molecule has 0 unspecified atom stereocenters. The van der Waals surface area contributed by atoms with E-state index in [9.17, 15) is 51.8 Å². The Morgan fingerprint density at radius 3 is 2.12 bits per heavy atom. The van der Waals surface area contributed by atoms with Gasteiger partial charge in [0.25, 0.3) is 0 Å². The number of hydrogen-bond donors (Lipinski definition) is 6. The number of carboxylic acids is 2. The lowest BCUT2D eigenvalue weighted by Crippen LogP contribution is -2.58. The first-order valence-electron chi connectivity index (χ1n) is 14.9. The maximum Gasteiger partial charge on any atom is 0.417 e. The molecule has 1 heterocycles. The van der Waals surface area contributed by atoms with Crippen molar-refractivity contribution in [1.29, 1.82) is 0 Å². The SMILES string of the molecule is CC(C)[C@H](NC(=O)[C@H](CCC(=O)O)NC(=O)OCc1ccccc1)C(=O)N[C@@H](CC(=O)O)C(=O)Nc1ccc2c(C(F)(F)F)cc(=O)oc2c1. The molecule has 50 heavy (non-hydrogen) atoms. The highest BCUT2D eigenvalue weighted by molar-refractivity contribution is 6.01. The maximum absolute atomic E-state index is 13.4. The molecule has 0 aliphatic carbocycles. The van der Waals surface area contributed by atoms with Crippen molar-refractivity contribution in [3.05, 3.63) is 76.1 Å². The molecule has 3 rings (SSSR count). The highest BCUT2D eigenvalue weighted by Gasteiger charge is 2.35. The van der Waals surface area contributed by atoms with Crippen LogP contribution < -0.4 is 26.9 Å². The van der Waals surface area contributed by atoms with Crippen molar-refractivity contribution in [1.82, 2.24) is 16.0 Å². The quantitative estimate of drug-likeness (QED) is 0.126. The summed E-state index contributed by atoms with van der Waals surface area (Å²) in [6, 6.07) is 6.99. The van der Waals surface area contributed by atoms with Gasteiger partial charge in [-0.3, -0.25) is 24.0 Å². The molecule has 0 bridgehead atoms. The van der Waals surface area contributed by atoms with Gasteiger partial charge in [-0.2, -0.15) is 13.2 Å². The van der Waals surface area contributed by atoms with Crippen LogP contribution in [0.1, 0.15) is 44.2 Å². The minimum Gasteiger partial charge on any atom is -0.481 e. The van der Waals surface area contributed by atoms with Gasteiger partial charge in [0.15, 0.2) is 0 Å². The molecule has 3 aromatic rings. The standard InChI is InChI=1S/C32H33F3N4O11/c1-16(2)27(39-28(45)21(10-11-24(40)41)38-31(48)49-15-17-6-4-3-5-7-17)30(47)37-22(14-25(42)43)29(46)36-18-8-9-19-20(32(33,34)35)13-26(44)50-23(19)12-18/h3-9,12-13,16,21-22,27H,10-11,14-15H2,1-2H3,(H,36,46)(H,37,47)(H,38,48)(H,39,45)(H,40,41)(H,42,43)/t21-,22-,27-/m0/s1.